The summed E-state index contributed by atoms with van der Waals surface area (Å²) in [7, 11) is 2.08. The molecule has 0 saturated heterocycles. The van der Waals surface area contributed by atoms with Crippen molar-refractivity contribution < 1.29 is 4.74 Å². The van der Waals surface area contributed by atoms with Gasteiger partial charge < -0.3 is 4.74 Å². The normalized spacial score (nSPS) is 10.3. The summed E-state index contributed by atoms with van der Waals surface area (Å²) in [6, 6.07) is 6.27. The van der Waals surface area contributed by atoms with E-state index in [9.17, 15) is 0 Å². The summed E-state index contributed by atoms with van der Waals surface area (Å²) in [5.41, 5.74) is 2.51. The van der Waals surface area contributed by atoms with Gasteiger partial charge in [-0.15, -0.1) is 0 Å². The molecule has 0 bridgehead atoms. The maximum Gasteiger partial charge on any atom is 0.139 e. The maximum absolute atomic E-state index is 5.58. The monoisotopic (exact) mass is 162 g/mol. The smallest absolute Gasteiger partial charge is 0.139 e. The Morgan fingerprint density at radius 2 is 1.92 bits per heavy atom. The van der Waals surface area contributed by atoms with Crippen molar-refractivity contribution in [3.63, 3.8) is 0 Å². The Kier molecular flexibility index (Phi) is 2.80. The molecule has 0 heterocycles. The number of benzene rings is 1. The van der Waals surface area contributed by atoms with E-state index in [2.05, 4.69) is 33.0 Å². The van der Waals surface area contributed by atoms with Crippen LogP contribution in [0.15, 0.2) is 18.2 Å². The molecular weight excluding hydrogens is 147 g/mol. The molecule has 0 aliphatic heterocycles. The first-order chi connectivity index (χ1) is 5.58. The number of ether oxygens (including phenoxy) is 1. The lowest BCUT2D eigenvalue weighted by Gasteiger charge is -2.10. The number of hydrogen-bond donors (Lipinski definition) is 0. The molecule has 64 valence electrons. The molecule has 0 aromatic heterocycles. The summed E-state index contributed by atoms with van der Waals surface area (Å²) in [6.07, 6.45) is 0.256. The SMILES string of the molecule is Bc1cc(C)cc(OC(C)C)c1. The highest BCUT2D eigenvalue weighted by Gasteiger charge is 1.98. The molecule has 0 spiro atoms. The quantitative estimate of drug-likeness (QED) is 0.590. The summed E-state index contributed by atoms with van der Waals surface area (Å²) in [4.78, 5) is 0. The minimum absolute atomic E-state index is 0.256. The molecule has 0 unspecified atom stereocenters. The van der Waals surface area contributed by atoms with Gasteiger partial charge in [0.15, 0.2) is 0 Å². The molecule has 0 radical (unpaired) electrons. The van der Waals surface area contributed by atoms with Gasteiger partial charge in [0.05, 0.1) is 6.10 Å². The van der Waals surface area contributed by atoms with Gasteiger partial charge in [-0.3, -0.25) is 0 Å². The third kappa shape index (κ3) is 2.61. The van der Waals surface area contributed by atoms with E-state index in [1.807, 2.05) is 13.8 Å². The van der Waals surface area contributed by atoms with Crippen molar-refractivity contribution in [2.45, 2.75) is 26.9 Å². The zero-order valence-electron chi connectivity index (χ0n) is 8.22. The van der Waals surface area contributed by atoms with Crippen LogP contribution in [0, 0.1) is 6.92 Å². The highest BCUT2D eigenvalue weighted by molar-refractivity contribution is 6.32. The summed E-state index contributed by atoms with van der Waals surface area (Å²) < 4.78 is 5.58. The third-order valence-corrected chi connectivity index (χ3v) is 1.57. The molecule has 0 fully saturated rings. The molecule has 2 heteroatoms. The van der Waals surface area contributed by atoms with E-state index in [1.165, 1.54) is 11.0 Å². The van der Waals surface area contributed by atoms with Gasteiger partial charge >= 0.3 is 0 Å². The molecule has 0 atom stereocenters. The first-order valence-electron chi connectivity index (χ1n) is 4.33. The molecule has 0 N–H and O–H groups in total. The zero-order chi connectivity index (χ0) is 9.14. The van der Waals surface area contributed by atoms with Crippen LogP contribution in [0.25, 0.3) is 0 Å². The van der Waals surface area contributed by atoms with E-state index in [-0.39, 0.29) is 6.10 Å². The lowest BCUT2D eigenvalue weighted by molar-refractivity contribution is 0.242. The number of hydrogen-bond acceptors (Lipinski definition) is 1. The molecule has 0 aliphatic carbocycles. The molecule has 12 heavy (non-hydrogen) atoms. The largest absolute Gasteiger partial charge is 0.491 e. The Bertz CT molecular complexity index is 248. The van der Waals surface area contributed by atoms with Crippen molar-refractivity contribution in [3.8, 4) is 5.75 Å². The molecule has 1 aromatic rings. The summed E-state index contributed by atoms with van der Waals surface area (Å²) >= 11 is 0. The van der Waals surface area contributed by atoms with Gasteiger partial charge in [0.2, 0.25) is 0 Å². The van der Waals surface area contributed by atoms with Crippen molar-refractivity contribution in [2.24, 2.45) is 0 Å². The first kappa shape index (κ1) is 9.18. The molecule has 1 aromatic carbocycles. The van der Waals surface area contributed by atoms with E-state index in [1.54, 1.807) is 0 Å². The van der Waals surface area contributed by atoms with E-state index in [0.717, 1.165) is 5.75 Å². The van der Waals surface area contributed by atoms with E-state index < -0.39 is 0 Å². The summed E-state index contributed by atoms with van der Waals surface area (Å²) in [5, 5.41) is 0. The van der Waals surface area contributed by atoms with Crippen LogP contribution in [0.2, 0.25) is 0 Å². The number of rotatable bonds is 2. The second kappa shape index (κ2) is 3.66. The van der Waals surface area contributed by atoms with Gasteiger partial charge in [0.25, 0.3) is 0 Å². The van der Waals surface area contributed by atoms with Crippen LogP contribution in [0.5, 0.6) is 5.75 Å². The molecule has 1 nitrogen and oxygen atoms in total. The molecule has 0 aliphatic rings. The van der Waals surface area contributed by atoms with Crippen LogP contribution >= 0.6 is 0 Å². The van der Waals surface area contributed by atoms with Crippen molar-refractivity contribution in [2.75, 3.05) is 0 Å². The lowest BCUT2D eigenvalue weighted by atomic mass is 9.94. The van der Waals surface area contributed by atoms with Crippen LogP contribution in [0.3, 0.4) is 0 Å². The maximum atomic E-state index is 5.58. The van der Waals surface area contributed by atoms with Crippen molar-refractivity contribution in [1.82, 2.24) is 0 Å². The summed E-state index contributed by atoms with van der Waals surface area (Å²) in [5.74, 6) is 0.975. The third-order valence-electron chi connectivity index (χ3n) is 1.57. The minimum atomic E-state index is 0.256. The van der Waals surface area contributed by atoms with Crippen LogP contribution in [-0.2, 0) is 0 Å². The Hall–Kier alpha value is -0.915. The van der Waals surface area contributed by atoms with Crippen LogP contribution < -0.4 is 10.2 Å². The average molecular weight is 162 g/mol. The van der Waals surface area contributed by atoms with Gasteiger partial charge in [-0.2, -0.15) is 0 Å². The predicted molar refractivity (Wildman–Crippen MR) is 55.1 cm³/mol. The molecular formula is C10H15BO. The number of aryl methyl sites for hydroxylation is 1. The van der Waals surface area contributed by atoms with Gasteiger partial charge in [0, 0.05) is 0 Å². The Morgan fingerprint density at radius 1 is 1.25 bits per heavy atom. The van der Waals surface area contributed by atoms with Gasteiger partial charge in [0.1, 0.15) is 13.6 Å². The second-order valence-electron chi connectivity index (χ2n) is 3.49. The fourth-order valence-corrected chi connectivity index (χ4v) is 1.27. The zero-order valence-corrected chi connectivity index (χ0v) is 8.22. The topological polar surface area (TPSA) is 9.23 Å². The standard InChI is InChI=1S/C10H15BO/c1-7(2)12-10-5-8(3)4-9(11)6-10/h4-7H,11H2,1-3H3. The fourth-order valence-electron chi connectivity index (χ4n) is 1.27. The van der Waals surface area contributed by atoms with Crippen molar-refractivity contribution >= 4 is 13.3 Å². The molecule has 0 saturated carbocycles. The average Bonchev–Trinajstić information content (AvgIpc) is 1.81. The summed E-state index contributed by atoms with van der Waals surface area (Å²) in [6.45, 7) is 6.16. The van der Waals surface area contributed by atoms with Gasteiger partial charge in [-0.1, -0.05) is 11.5 Å². The lowest BCUT2D eigenvalue weighted by Crippen LogP contribution is -2.09. The van der Waals surface area contributed by atoms with E-state index >= 15 is 0 Å². The van der Waals surface area contributed by atoms with Gasteiger partial charge in [-0.05, 0) is 38.5 Å². The van der Waals surface area contributed by atoms with Crippen molar-refractivity contribution in [3.05, 3.63) is 23.8 Å². The van der Waals surface area contributed by atoms with Gasteiger partial charge in [-0.25, -0.2) is 0 Å². The van der Waals surface area contributed by atoms with Crippen molar-refractivity contribution in [1.29, 1.82) is 0 Å². The Labute approximate surface area is 75.2 Å². The van der Waals surface area contributed by atoms with E-state index in [0.29, 0.717) is 0 Å². The first-order valence-corrected chi connectivity index (χ1v) is 4.33. The Morgan fingerprint density at radius 3 is 2.42 bits per heavy atom. The molecule has 1 rings (SSSR count). The highest BCUT2D eigenvalue weighted by Crippen LogP contribution is 2.12. The highest BCUT2D eigenvalue weighted by atomic mass is 16.5. The van der Waals surface area contributed by atoms with Crippen LogP contribution in [-0.4, -0.2) is 14.0 Å². The predicted octanol–water partition coefficient (Wildman–Crippen LogP) is 1.04. The fraction of sp³-hybridized carbons (Fsp3) is 0.400. The van der Waals surface area contributed by atoms with Crippen LogP contribution in [0.4, 0.5) is 0 Å². The Balaban J connectivity index is 2.85. The minimum Gasteiger partial charge on any atom is -0.491 e. The van der Waals surface area contributed by atoms with Crippen LogP contribution in [0.1, 0.15) is 19.4 Å². The van der Waals surface area contributed by atoms with E-state index in [4.69, 9.17) is 4.74 Å². The molecule has 0 amide bonds. The second-order valence-corrected chi connectivity index (χ2v) is 3.49.